The molecular formula is C14H22N2S. The van der Waals surface area contributed by atoms with Crippen LogP contribution in [0.15, 0.2) is 0 Å². The van der Waals surface area contributed by atoms with Crippen molar-refractivity contribution in [3.8, 4) is 0 Å². The van der Waals surface area contributed by atoms with E-state index in [1.165, 1.54) is 43.5 Å². The normalized spacial score (nSPS) is 36.7. The summed E-state index contributed by atoms with van der Waals surface area (Å²) in [7, 11) is 0. The first-order chi connectivity index (χ1) is 8.06. The van der Waals surface area contributed by atoms with Crippen molar-refractivity contribution >= 4 is 11.3 Å². The van der Waals surface area contributed by atoms with Crippen LogP contribution < -0.4 is 0 Å². The summed E-state index contributed by atoms with van der Waals surface area (Å²) >= 11 is 1.83. The first-order valence-electron chi connectivity index (χ1n) is 6.87. The van der Waals surface area contributed by atoms with E-state index in [4.69, 9.17) is 0 Å². The predicted molar refractivity (Wildman–Crippen MR) is 71.3 cm³/mol. The van der Waals surface area contributed by atoms with Crippen molar-refractivity contribution in [1.82, 2.24) is 10.2 Å². The van der Waals surface area contributed by atoms with Gasteiger partial charge in [0.25, 0.3) is 0 Å². The number of nitrogens with zero attached hydrogens (tertiary/aromatic N) is 2. The minimum atomic E-state index is 0.405. The number of fused-ring (bicyclic) bond motifs is 3. The van der Waals surface area contributed by atoms with Crippen molar-refractivity contribution < 1.29 is 0 Å². The molecule has 3 aliphatic rings. The van der Waals surface area contributed by atoms with E-state index >= 15 is 0 Å². The van der Waals surface area contributed by atoms with E-state index in [0.717, 1.165) is 10.9 Å². The molecule has 0 spiro atoms. The van der Waals surface area contributed by atoms with E-state index in [1.54, 1.807) is 0 Å². The quantitative estimate of drug-likeness (QED) is 0.790. The molecule has 0 atom stereocenters. The van der Waals surface area contributed by atoms with E-state index < -0.39 is 0 Å². The highest BCUT2D eigenvalue weighted by Gasteiger charge is 2.51. The molecule has 1 aromatic heterocycles. The SMILES string of the molecule is Cc1nnc(C23CCC(C(C)C)(CC2)CC3)s1. The summed E-state index contributed by atoms with van der Waals surface area (Å²) in [6, 6.07) is 0. The van der Waals surface area contributed by atoms with Gasteiger partial charge in [0.15, 0.2) is 0 Å². The Hall–Kier alpha value is -0.440. The van der Waals surface area contributed by atoms with E-state index in [0.29, 0.717) is 10.8 Å². The molecule has 3 aliphatic carbocycles. The maximum atomic E-state index is 4.44. The van der Waals surface area contributed by atoms with E-state index in [2.05, 4.69) is 31.0 Å². The average Bonchev–Trinajstić information content (AvgIpc) is 2.79. The lowest BCUT2D eigenvalue weighted by Gasteiger charge is -2.54. The van der Waals surface area contributed by atoms with Crippen molar-refractivity contribution in [3.63, 3.8) is 0 Å². The van der Waals surface area contributed by atoms with Gasteiger partial charge in [0.05, 0.1) is 0 Å². The molecule has 4 rings (SSSR count). The summed E-state index contributed by atoms with van der Waals surface area (Å²) in [4.78, 5) is 0. The maximum Gasteiger partial charge on any atom is 0.123 e. The fourth-order valence-corrected chi connectivity index (χ4v) is 4.88. The standard InChI is InChI=1S/C14H22N2S/c1-10(2)13-4-7-14(8-5-13,9-6-13)12-16-15-11(3)17-12/h10H,4-9H2,1-3H3. The Morgan fingerprint density at radius 3 is 2.00 bits per heavy atom. The van der Waals surface area contributed by atoms with Crippen LogP contribution in [0.5, 0.6) is 0 Å². The van der Waals surface area contributed by atoms with Crippen LogP contribution in [0, 0.1) is 18.3 Å². The van der Waals surface area contributed by atoms with Gasteiger partial charge in [-0.05, 0) is 56.8 Å². The third kappa shape index (κ3) is 1.66. The van der Waals surface area contributed by atoms with Crippen LogP contribution in [0.3, 0.4) is 0 Å². The van der Waals surface area contributed by atoms with Crippen LogP contribution in [0.1, 0.15) is 62.4 Å². The van der Waals surface area contributed by atoms with Gasteiger partial charge in [0.2, 0.25) is 0 Å². The Bertz CT molecular complexity index is 397. The highest BCUT2D eigenvalue weighted by molar-refractivity contribution is 7.11. The molecule has 0 radical (unpaired) electrons. The van der Waals surface area contributed by atoms with Crippen LogP contribution in [0.2, 0.25) is 0 Å². The smallest absolute Gasteiger partial charge is 0.123 e. The Balaban J connectivity index is 1.86. The molecular weight excluding hydrogens is 228 g/mol. The zero-order valence-electron chi connectivity index (χ0n) is 11.1. The fraction of sp³-hybridized carbons (Fsp3) is 0.857. The van der Waals surface area contributed by atoms with Gasteiger partial charge in [-0.1, -0.05) is 13.8 Å². The molecule has 0 N–H and O–H groups in total. The largest absolute Gasteiger partial charge is 0.144 e. The van der Waals surface area contributed by atoms with Crippen LogP contribution in [-0.4, -0.2) is 10.2 Å². The van der Waals surface area contributed by atoms with Crippen LogP contribution in [0.4, 0.5) is 0 Å². The molecule has 1 heterocycles. The number of aryl methyl sites for hydroxylation is 1. The zero-order chi connectivity index (χ0) is 12.1. The Kier molecular flexibility index (Phi) is 2.58. The van der Waals surface area contributed by atoms with E-state index in [9.17, 15) is 0 Å². The highest BCUT2D eigenvalue weighted by Crippen LogP contribution is 2.60. The zero-order valence-corrected chi connectivity index (χ0v) is 11.9. The molecule has 3 saturated carbocycles. The average molecular weight is 250 g/mol. The first-order valence-corrected chi connectivity index (χ1v) is 7.69. The van der Waals surface area contributed by atoms with Crippen molar-refractivity contribution in [2.24, 2.45) is 11.3 Å². The summed E-state index contributed by atoms with van der Waals surface area (Å²) in [5.41, 5.74) is 1.06. The topological polar surface area (TPSA) is 25.8 Å². The molecule has 2 bridgehead atoms. The van der Waals surface area contributed by atoms with Gasteiger partial charge >= 0.3 is 0 Å². The summed E-state index contributed by atoms with van der Waals surface area (Å²) in [6.45, 7) is 6.89. The summed E-state index contributed by atoms with van der Waals surface area (Å²) < 4.78 is 0. The van der Waals surface area contributed by atoms with Gasteiger partial charge in [-0.3, -0.25) is 0 Å². The molecule has 0 amide bonds. The molecule has 0 unspecified atom stereocenters. The maximum absolute atomic E-state index is 4.44. The van der Waals surface area contributed by atoms with Gasteiger partial charge in [0, 0.05) is 5.41 Å². The predicted octanol–water partition coefficient (Wildman–Crippen LogP) is 4.09. The van der Waals surface area contributed by atoms with Gasteiger partial charge in [-0.15, -0.1) is 21.5 Å². The van der Waals surface area contributed by atoms with Crippen LogP contribution in [-0.2, 0) is 5.41 Å². The molecule has 2 nitrogen and oxygen atoms in total. The third-order valence-corrected chi connectivity index (χ3v) is 6.59. The molecule has 17 heavy (non-hydrogen) atoms. The number of hydrogen-bond donors (Lipinski definition) is 0. The molecule has 1 aromatic rings. The van der Waals surface area contributed by atoms with Gasteiger partial charge in [0.1, 0.15) is 10.0 Å². The van der Waals surface area contributed by atoms with Crippen molar-refractivity contribution in [1.29, 1.82) is 0 Å². The van der Waals surface area contributed by atoms with Gasteiger partial charge in [-0.2, -0.15) is 0 Å². The van der Waals surface area contributed by atoms with Crippen LogP contribution in [0.25, 0.3) is 0 Å². The fourth-order valence-electron chi connectivity index (χ4n) is 3.91. The molecule has 94 valence electrons. The summed E-state index contributed by atoms with van der Waals surface area (Å²) in [6.07, 6.45) is 8.26. The molecule has 3 fully saturated rings. The van der Waals surface area contributed by atoms with Gasteiger partial charge in [-0.25, -0.2) is 0 Å². The summed E-state index contributed by atoms with van der Waals surface area (Å²) in [5.74, 6) is 0.844. The lowest BCUT2D eigenvalue weighted by molar-refractivity contribution is 0.00155. The first kappa shape index (κ1) is 11.6. The second-order valence-electron chi connectivity index (χ2n) is 6.42. The van der Waals surface area contributed by atoms with E-state index in [1.807, 2.05) is 11.3 Å². The monoisotopic (exact) mass is 250 g/mol. The van der Waals surface area contributed by atoms with Crippen molar-refractivity contribution in [2.45, 2.75) is 64.7 Å². The number of rotatable bonds is 2. The number of hydrogen-bond acceptors (Lipinski definition) is 3. The second-order valence-corrected chi connectivity index (χ2v) is 7.61. The molecule has 0 aliphatic heterocycles. The van der Waals surface area contributed by atoms with Crippen molar-refractivity contribution in [2.75, 3.05) is 0 Å². The Morgan fingerprint density at radius 1 is 1.00 bits per heavy atom. The van der Waals surface area contributed by atoms with Gasteiger partial charge < -0.3 is 0 Å². The molecule has 0 saturated heterocycles. The molecule has 3 heteroatoms. The Morgan fingerprint density at radius 2 is 1.59 bits per heavy atom. The minimum absolute atomic E-state index is 0.405. The van der Waals surface area contributed by atoms with E-state index in [-0.39, 0.29) is 0 Å². The highest BCUT2D eigenvalue weighted by atomic mass is 32.1. The van der Waals surface area contributed by atoms with Crippen molar-refractivity contribution in [3.05, 3.63) is 10.0 Å². The second kappa shape index (κ2) is 3.78. The Labute approximate surface area is 108 Å². The summed E-state index contributed by atoms with van der Waals surface area (Å²) in [5, 5.41) is 11.1. The number of aromatic nitrogens is 2. The lowest BCUT2D eigenvalue weighted by Crippen LogP contribution is -2.46. The van der Waals surface area contributed by atoms with Crippen LogP contribution >= 0.6 is 11.3 Å². The molecule has 0 aromatic carbocycles. The lowest BCUT2D eigenvalue weighted by atomic mass is 9.51. The third-order valence-electron chi connectivity index (χ3n) is 5.51. The minimum Gasteiger partial charge on any atom is -0.144 e.